The van der Waals surface area contributed by atoms with Crippen LogP contribution >= 0.6 is 0 Å². The molecule has 0 heterocycles. The zero-order valence-electron chi connectivity index (χ0n) is 30.9. The van der Waals surface area contributed by atoms with Crippen LogP contribution in [-0.2, 0) is 0 Å². The third-order valence-corrected chi connectivity index (χ3v) is 8.42. The summed E-state index contributed by atoms with van der Waals surface area (Å²) in [6, 6.07) is 0. The SMILES string of the molecule is C#C/C=C\CCCCCCCCCCCCCC/C=C\CCCC/C=C\CCC[C@@H](O)C#C[C@H](O)C#CCCCCCC/C=C/[C@H](O)C#C. The largest absolute Gasteiger partial charge is 0.380 e. The molecule has 0 amide bonds. The Labute approximate surface area is 303 Å². The molecule has 3 nitrogen and oxygen atoms in total. The summed E-state index contributed by atoms with van der Waals surface area (Å²) >= 11 is 0. The van der Waals surface area contributed by atoms with E-state index in [0.717, 1.165) is 64.2 Å². The van der Waals surface area contributed by atoms with Crippen LogP contribution in [0.15, 0.2) is 48.6 Å². The molecule has 0 radical (unpaired) electrons. The number of hydrogen-bond acceptors (Lipinski definition) is 3. The van der Waals surface area contributed by atoms with Gasteiger partial charge in [-0.2, -0.15) is 0 Å². The van der Waals surface area contributed by atoms with Gasteiger partial charge >= 0.3 is 0 Å². The average Bonchev–Trinajstić information content (AvgIpc) is 3.11. The summed E-state index contributed by atoms with van der Waals surface area (Å²) in [6.45, 7) is 0. The fourth-order valence-corrected chi connectivity index (χ4v) is 5.43. The van der Waals surface area contributed by atoms with Crippen LogP contribution in [0.25, 0.3) is 0 Å². The molecule has 0 saturated carbocycles. The lowest BCUT2D eigenvalue weighted by Crippen LogP contribution is -2.05. The lowest BCUT2D eigenvalue weighted by atomic mass is 10.0. The zero-order chi connectivity index (χ0) is 35.7. The van der Waals surface area contributed by atoms with Crippen LogP contribution in [0.3, 0.4) is 0 Å². The fraction of sp³-hybridized carbons (Fsp3) is 0.652. The number of allylic oxidation sites excluding steroid dienone is 7. The van der Waals surface area contributed by atoms with Crippen molar-refractivity contribution in [1.82, 2.24) is 0 Å². The molecule has 0 bridgehead atoms. The Bertz CT molecular complexity index is 1060. The maximum Gasteiger partial charge on any atom is 0.176 e. The van der Waals surface area contributed by atoms with E-state index in [-0.39, 0.29) is 0 Å². The Morgan fingerprint density at radius 2 is 0.878 bits per heavy atom. The van der Waals surface area contributed by atoms with E-state index in [9.17, 15) is 15.3 Å². The van der Waals surface area contributed by atoms with Crippen LogP contribution in [0.2, 0.25) is 0 Å². The Balaban J connectivity index is 3.51. The van der Waals surface area contributed by atoms with E-state index in [1.54, 1.807) is 6.08 Å². The second-order valence-corrected chi connectivity index (χ2v) is 13.1. The van der Waals surface area contributed by atoms with Gasteiger partial charge in [-0.3, -0.25) is 0 Å². The van der Waals surface area contributed by atoms with E-state index < -0.39 is 18.3 Å². The van der Waals surface area contributed by atoms with Crippen LogP contribution in [0.5, 0.6) is 0 Å². The van der Waals surface area contributed by atoms with E-state index in [1.807, 2.05) is 12.2 Å². The van der Waals surface area contributed by atoms with Crippen molar-refractivity contribution in [3.63, 3.8) is 0 Å². The molecule has 49 heavy (non-hydrogen) atoms. The summed E-state index contributed by atoms with van der Waals surface area (Å²) in [4.78, 5) is 0. The first-order valence-corrected chi connectivity index (χ1v) is 19.7. The number of aliphatic hydroxyl groups excluding tert-OH is 3. The minimum absolute atomic E-state index is 0.605. The highest BCUT2D eigenvalue weighted by molar-refractivity contribution is 5.20. The van der Waals surface area contributed by atoms with Gasteiger partial charge in [0.15, 0.2) is 6.10 Å². The molecule has 0 aromatic heterocycles. The highest BCUT2D eigenvalue weighted by Crippen LogP contribution is 2.14. The highest BCUT2D eigenvalue weighted by Gasteiger charge is 1.99. The maximum absolute atomic E-state index is 10.1. The summed E-state index contributed by atoms with van der Waals surface area (Å²) in [5.74, 6) is 15.9. The van der Waals surface area contributed by atoms with Crippen molar-refractivity contribution in [2.45, 2.75) is 192 Å². The number of terminal acetylenes is 2. The number of hydrogen-bond donors (Lipinski definition) is 3. The third kappa shape index (κ3) is 39.4. The van der Waals surface area contributed by atoms with Gasteiger partial charge in [0.25, 0.3) is 0 Å². The molecule has 272 valence electrons. The van der Waals surface area contributed by atoms with Crippen molar-refractivity contribution in [2.24, 2.45) is 0 Å². The van der Waals surface area contributed by atoms with E-state index in [2.05, 4.69) is 65.9 Å². The quantitative estimate of drug-likeness (QED) is 0.0391. The van der Waals surface area contributed by atoms with Crippen LogP contribution in [0.4, 0.5) is 0 Å². The summed E-state index contributed by atoms with van der Waals surface area (Å²) < 4.78 is 0. The first-order chi connectivity index (χ1) is 24.1. The second kappa shape index (κ2) is 39.5. The van der Waals surface area contributed by atoms with E-state index in [4.69, 9.17) is 12.8 Å². The lowest BCUT2D eigenvalue weighted by Gasteiger charge is -2.02. The molecular weight excluding hydrogens is 601 g/mol. The van der Waals surface area contributed by atoms with Gasteiger partial charge in [0.1, 0.15) is 12.2 Å². The molecule has 0 aliphatic rings. The predicted molar refractivity (Wildman–Crippen MR) is 212 cm³/mol. The van der Waals surface area contributed by atoms with Gasteiger partial charge in [0, 0.05) is 6.42 Å². The molecule has 3 N–H and O–H groups in total. The van der Waals surface area contributed by atoms with Gasteiger partial charge in [0.05, 0.1) is 0 Å². The van der Waals surface area contributed by atoms with E-state index >= 15 is 0 Å². The van der Waals surface area contributed by atoms with Gasteiger partial charge in [-0.15, -0.1) is 12.8 Å². The normalized spacial score (nSPS) is 13.2. The maximum atomic E-state index is 10.1. The minimum atomic E-state index is -1.01. The molecule has 0 unspecified atom stereocenters. The number of aliphatic hydroxyl groups is 3. The molecule has 0 aromatic rings. The Kier molecular flexibility index (Phi) is 37.2. The van der Waals surface area contributed by atoms with Crippen LogP contribution in [0.1, 0.15) is 173 Å². The van der Waals surface area contributed by atoms with Gasteiger partial charge in [0.2, 0.25) is 0 Å². The van der Waals surface area contributed by atoms with E-state index in [0.29, 0.717) is 6.42 Å². The van der Waals surface area contributed by atoms with Crippen LogP contribution in [0, 0.1) is 48.4 Å². The Morgan fingerprint density at radius 3 is 1.39 bits per heavy atom. The summed E-state index contributed by atoms with van der Waals surface area (Å²) in [6.07, 6.45) is 56.4. The van der Waals surface area contributed by atoms with Crippen molar-refractivity contribution in [2.75, 3.05) is 0 Å². The monoisotopic (exact) mass is 671 g/mol. The van der Waals surface area contributed by atoms with Gasteiger partial charge in [-0.05, 0) is 102 Å². The van der Waals surface area contributed by atoms with Crippen molar-refractivity contribution >= 4 is 0 Å². The van der Waals surface area contributed by atoms with E-state index in [1.165, 1.54) is 103 Å². The Hall–Kier alpha value is -2.92. The van der Waals surface area contributed by atoms with Crippen molar-refractivity contribution in [3.8, 4) is 48.4 Å². The molecule has 0 aliphatic heterocycles. The van der Waals surface area contributed by atoms with Crippen molar-refractivity contribution in [1.29, 1.82) is 0 Å². The van der Waals surface area contributed by atoms with Crippen LogP contribution in [-0.4, -0.2) is 33.6 Å². The first kappa shape index (κ1) is 46.1. The standard InChI is InChI=1S/C46H70O3/c1-3-5-6-7-8-9-10-11-12-13-14-15-16-17-18-19-20-21-22-23-24-25-26-27-31-34-37-40-45(48)42-43-46(49)41-38-35-32-29-28-30-33-36-39-44(47)4-2/h1-2,5-6,21-22,27,31,36,39,44-49H,7-20,23-26,28-30,32-35,37,40H2/b6-5-,22-21-,31-27-,39-36+/t44-,45-,46-/m1/s1. The van der Waals surface area contributed by atoms with Gasteiger partial charge in [-0.1, -0.05) is 149 Å². The fourth-order valence-electron chi connectivity index (χ4n) is 5.43. The number of rotatable bonds is 31. The molecular formula is C46H70O3. The van der Waals surface area contributed by atoms with Crippen molar-refractivity contribution in [3.05, 3.63) is 48.6 Å². The zero-order valence-corrected chi connectivity index (χ0v) is 30.9. The molecule has 0 aliphatic carbocycles. The van der Waals surface area contributed by atoms with Gasteiger partial charge < -0.3 is 15.3 Å². The molecule has 0 rings (SSSR count). The van der Waals surface area contributed by atoms with Crippen molar-refractivity contribution < 1.29 is 15.3 Å². The minimum Gasteiger partial charge on any atom is -0.380 e. The average molecular weight is 671 g/mol. The number of unbranched alkanes of at least 4 members (excludes halogenated alkanes) is 22. The highest BCUT2D eigenvalue weighted by atomic mass is 16.3. The molecule has 3 heteroatoms. The first-order valence-electron chi connectivity index (χ1n) is 19.7. The molecule has 0 spiro atoms. The van der Waals surface area contributed by atoms with Crippen LogP contribution < -0.4 is 0 Å². The van der Waals surface area contributed by atoms with Gasteiger partial charge in [-0.25, -0.2) is 0 Å². The summed E-state index contributed by atoms with van der Waals surface area (Å²) in [5, 5.41) is 29.2. The summed E-state index contributed by atoms with van der Waals surface area (Å²) in [7, 11) is 0. The molecule has 0 aromatic carbocycles. The molecule has 3 atom stereocenters. The smallest absolute Gasteiger partial charge is 0.176 e. The lowest BCUT2D eigenvalue weighted by molar-refractivity contribution is 0.218. The third-order valence-electron chi connectivity index (χ3n) is 8.42. The molecule has 0 saturated heterocycles. The topological polar surface area (TPSA) is 60.7 Å². The second-order valence-electron chi connectivity index (χ2n) is 13.1. The summed E-state index contributed by atoms with van der Waals surface area (Å²) in [5.41, 5.74) is 0. The Morgan fingerprint density at radius 1 is 0.449 bits per heavy atom. The molecule has 0 fully saturated rings. The predicted octanol–water partition coefficient (Wildman–Crippen LogP) is 11.1.